The smallest absolute Gasteiger partial charge is 0.264 e. The Labute approximate surface area is 183 Å². The zero-order valence-corrected chi connectivity index (χ0v) is 17.8. The van der Waals surface area contributed by atoms with E-state index in [2.05, 4.69) is 5.32 Å². The number of rotatable bonds is 5. The van der Waals surface area contributed by atoms with Crippen molar-refractivity contribution in [2.75, 3.05) is 32.1 Å². The number of pyridine rings is 1. The highest BCUT2D eigenvalue weighted by atomic mass is 32.1. The van der Waals surface area contributed by atoms with Crippen LogP contribution in [0.25, 0.3) is 5.65 Å². The summed E-state index contributed by atoms with van der Waals surface area (Å²) in [6, 6.07) is 17.4. The summed E-state index contributed by atoms with van der Waals surface area (Å²) in [5.41, 5.74) is 2.58. The van der Waals surface area contributed by atoms with Crippen molar-refractivity contribution in [3.05, 3.63) is 76.7 Å². The number of hydrogen-bond donors (Lipinski definition) is 1. The second-order valence-corrected chi connectivity index (χ2v) is 8.19. The quantitative estimate of drug-likeness (QED) is 0.505. The number of benzene rings is 1. The number of methoxy groups -OCH3 is 1. The molecule has 4 aromatic rings. The van der Waals surface area contributed by atoms with E-state index in [1.54, 1.807) is 7.11 Å². The third-order valence-corrected chi connectivity index (χ3v) is 6.15. The highest BCUT2D eigenvalue weighted by Gasteiger charge is 2.28. The molecule has 0 spiro atoms. The summed E-state index contributed by atoms with van der Waals surface area (Å²) in [6.07, 6.45) is 1.72. The molecule has 31 heavy (non-hydrogen) atoms. The number of nitrogens with zero attached hydrogens (tertiary/aromatic N) is 3. The van der Waals surface area contributed by atoms with E-state index >= 15 is 0 Å². The number of hydrogen-bond acceptors (Lipinski definition) is 6. The second kappa shape index (κ2) is 8.41. The zero-order valence-electron chi connectivity index (χ0n) is 17.0. The summed E-state index contributed by atoms with van der Waals surface area (Å²) < 4.78 is 13.2. The van der Waals surface area contributed by atoms with Crippen LogP contribution in [0.5, 0.6) is 5.75 Å². The summed E-state index contributed by atoms with van der Waals surface area (Å²) in [6.45, 7) is 1.57. The van der Waals surface area contributed by atoms with Gasteiger partial charge >= 0.3 is 0 Å². The predicted molar refractivity (Wildman–Crippen MR) is 120 cm³/mol. The number of morpholine rings is 1. The van der Waals surface area contributed by atoms with E-state index in [1.807, 2.05) is 75.5 Å². The van der Waals surface area contributed by atoms with Crippen LogP contribution in [0.15, 0.2) is 66.2 Å². The zero-order chi connectivity index (χ0) is 21.2. The fourth-order valence-corrected chi connectivity index (χ4v) is 4.37. The average molecular weight is 435 g/mol. The Morgan fingerprint density at radius 1 is 1.19 bits per heavy atom. The summed E-state index contributed by atoms with van der Waals surface area (Å²) in [7, 11) is 1.65. The first kappa shape index (κ1) is 19.6. The molecule has 1 fully saturated rings. The highest BCUT2D eigenvalue weighted by molar-refractivity contribution is 7.12. The number of imidazole rings is 1. The first-order chi connectivity index (χ1) is 15.2. The van der Waals surface area contributed by atoms with Crippen LogP contribution in [0.4, 0.5) is 11.5 Å². The molecule has 0 unspecified atom stereocenters. The van der Waals surface area contributed by atoms with Crippen LogP contribution in [0.2, 0.25) is 0 Å². The Morgan fingerprint density at radius 2 is 2.06 bits per heavy atom. The molecule has 0 saturated carbocycles. The van der Waals surface area contributed by atoms with Crippen LogP contribution in [0, 0.1) is 0 Å². The number of carbonyl (C=O) groups is 1. The fourth-order valence-electron chi connectivity index (χ4n) is 3.68. The number of ether oxygens (including phenoxy) is 2. The van der Waals surface area contributed by atoms with Crippen LogP contribution in [0.1, 0.15) is 21.5 Å². The van der Waals surface area contributed by atoms with Gasteiger partial charge in [0, 0.05) is 18.4 Å². The number of thiophene rings is 1. The number of aromatic nitrogens is 2. The van der Waals surface area contributed by atoms with Gasteiger partial charge in [-0.15, -0.1) is 11.3 Å². The Morgan fingerprint density at radius 3 is 2.84 bits per heavy atom. The van der Waals surface area contributed by atoms with E-state index in [0.29, 0.717) is 19.7 Å². The molecule has 158 valence electrons. The van der Waals surface area contributed by atoms with E-state index < -0.39 is 0 Å². The van der Waals surface area contributed by atoms with Crippen molar-refractivity contribution in [1.82, 2.24) is 14.3 Å². The van der Waals surface area contributed by atoms with Crippen molar-refractivity contribution in [2.45, 2.75) is 6.10 Å². The maximum absolute atomic E-state index is 12.7. The van der Waals surface area contributed by atoms with Crippen LogP contribution < -0.4 is 10.1 Å². The first-order valence-electron chi connectivity index (χ1n) is 10.0. The number of carbonyl (C=O) groups excluding carboxylic acids is 1. The lowest BCUT2D eigenvalue weighted by Crippen LogP contribution is -2.42. The molecule has 1 aliphatic heterocycles. The van der Waals surface area contributed by atoms with E-state index in [0.717, 1.165) is 33.5 Å². The largest absolute Gasteiger partial charge is 0.497 e. The van der Waals surface area contributed by atoms with E-state index in [9.17, 15) is 4.79 Å². The molecule has 1 N–H and O–H groups in total. The normalized spacial score (nSPS) is 16.4. The third-order valence-electron chi connectivity index (χ3n) is 5.29. The van der Waals surface area contributed by atoms with Gasteiger partial charge in [0.25, 0.3) is 5.91 Å². The molecule has 0 bridgehead atoms. The molecule has 4 heterocycles. The topological polar surface area (TPSA) is 68.1 Å². The van der Waals surface area contributed by atoms with Gasteiger partial charge in [0.15, 0.2) is 0 Å². The standard InChI is InChI=1S/C23H22N4O3S/c1-29-17-9-7-16(8-10-17)24-21-5-2-6-22-25-18(14-27(21)22)19-15-26(11-12-30-19)23(28)20-4-3-13-31-20/h2-10,13-14,19,24H,11-12,15H2,1H3/t19-/m0/s1. The van der Waals surface area contributed by atoms with Crippen LogP contribution >= 0.6 is 11.3 Å². The molecule has 3 aromatic heterocycles. The Hall–Kier alpha value is -3.36. The van der Waals surface area contributed by atoms with Gasteiger partial charge in [-0.25, -0.2) is 4.98 Å². The lowest BCUT2D eigenvalue weighted by molar-refractivity contribution is -0.0243. The molecule has 8 heteroatoms. The van der Waals surface area contributed by atoms with Gasteiger partial charge in [-0.05, 0) is 47.8 Å². The fraction of sp³-hybridized carbons (Fsp3) is 0.217. The van der Waals surface area contributed by atoms with Crippen molar-refractivity contribution in [1.29, 1.82) is 0 Å². The van der Waals surface area contributed by atoms with E-state index in [1.165, 1.54) is 11.3 Å². The lowest BCUT2D eigenvalue weighted by Gasteiger charge is -2.31. The molecule has 1 aromatic carbocycles. The van der Waals surface area contributed by atoms with Gasteiger partial charge in [-0.1, -0.05) is 12.1 Å². The van der Waals surface area contributed by atoms with Gasteiger partial charge in [-0.2, -0.15) is 0 Å². The van der Waals surface area contributed by atoms with Crippen molar-refractivity contribution in [3.8, 4) is 5.75 Å². The third kappa shape index (κ3) is 3.99. The van der Waals surface area contributed by atoms with Crippen molar-refractivity contribution < 1.29 is 14.3 Å². The van der Waals surface area contributed by atoms with Crippen molar-refractivity contribution >= 4 is 34.4 Å². The summed E-state index contributed by atoms with van der Waals surface area (Å²) in [5.74, 6) is 1.75. The van der Waals surface area contributed by atoms with Gasteiger partial charge in [0.2, 0.25) is 0 Å². The number of anilines is 2. The molecule has 5 rings (SSSR count). The molecule has 0 radical (unpaired) electrons. The SMILES string of the molecule is COc1ccc(Nc2cccc3nc([C@@H]4CN(C(=O)c5cccs5)CCO4)cn23)cc1. The molecular formula is C23H22N4O3S. The minimum atomic E-state index is -0.258. The van der Waals surface area contributed by atoms with Crippen molar-refractivity contribution in [3.63, 3.8) is 0 Å². The van der Waals surface area contributed by atoms with Gasteiger partial charge in [0.1, 0.15) is 23.3 Å². The van der Waals surface area contributed by atoms with Crippen molar-refractivity contribution in [2.24, 2.45) is 0 Å². The molecular weight excluding hydrogens is 412 g/mol. The van der Waals surface area contributed by atoms with Gasteiger partial charge in [0.05, 0.1) is 30.8 Å². The maximum atomic E-state index is 12.7. The number of amides is 1. The predicted octanol–water partition coefficient (Wildman–Crippen LogP) is 4.36. The maximum Gasteiger partial charge on any atom is 0.264 e. The Balaban J connectivity index is 1.38. The summed E-state index contributed by atoms with van der Waals surface area (Å²) in [5, 5.41) is 5.34. The monoisotopic (exact) mass is 434 g/mol. The van der Waals surface area contributed by atoms with Crippen LogP contribution in [0.3, 0.4) is 0 Å². The first-order valence-corrected chi connectivity index (χ1v) is 10.9. The number of fused-ring (bicyclic) bond motifs is 1. The molecule has 1 aliphatic rings. The molecule has 1 atom stereocenters. The molecule has 1 saturated heterocycles. The summed E-state index contributed by atoms with van der Waals surface area (Å²) >= 11 is 1.46. The number of nitrogens with one attached hydrogen (secondary N) is 1. The minimum Gasteiger partial charge on any atom is -0.497 e. The van der Waals surface area contributed by atoms with Crippen LogP contribution in [-0.4, -0.2) is 47.0 Å². The Kier molecular flexibility index (Phi) is 5.31. The van der Waals surface area contributed by atoms with E-state index in [-0.39, 0.29) is 12.0 Å². The van der Waals surface area contributed by atoms with Gasteiger partial charge in [-0.3, -0.25) is 9.20 Å². The Bertz CT molecular complexity index is 1190. The van der Waals surface area contributed by atoms with E-state index in [4.69, 9.17) is 14.5 Å². The molecule has 1 amide bonds. The average Bonchev–Trinajstić information content (AvgIpc) is 3.50. The minimum absolute atomic E-state index is 0.0499. The summed E-state index contributed by atoms with van der Waals surface area (Å²) in [4.78, 5) is 20.1. The highest BCUT2D eigenvalue weighted by Crippen LogP contribution is 2.27. The lowest BCUT2D eigenvalue weighted by atomic mass is 10.2. The molecule has 7 nitrogen and oxygen atoms in total. The second-order valence-electron chi connectivity index (χ2n) is 7.25. The molecule has 0 aliphatic carbocycles. The van der Waals surface area contributed by atoms with Crippen LogP contribution in [-0.2, 0) is 4.74 Å². The van der Waals surface area contributed by atoms with Gasteiger partial charge < -0.3 is 19.7 Å².